The molecule has 0 bridgehead atoms. The van der Waals surface area contributed by atoms with Crippen LogP contribution in [0.15, 0.2) is 30.5 Å². The highest BCUT2D eigenvalue weighted by atomic mass is 19.1. The number of phenols is 1. The van der Waals surface area contributed by atoms with Crippen LogP contribution in [0.25, 0.3) is 37.8 Å². The second-order valence-corrected chi connectivity index (χ2v) is 11.8. The summed E-state index contributed by atoms with van der Waals surface area (Å²) in [4.78, 5) is 21.2. The van der Waals surface area contributed by atoms with Crippen LogP contribution in [-0.4, -0.2) is 88.7 Å². The predicted molar refractivity (Wildman–Crippen MR) is 162 cm³/mol. The molecule has 1 unspecified atom stereocenters. The van der Waals surface area contributed by atoms with Gasteiger partial charge in [0.1, 0.15) is 48.0 Å². The molecule has 2 aromatic heterocycles. The molecule has 3 fully saturated rings. The number of benzene rings is 2. The molecular weight excluding hydrogens is 585 g/mol. The van der Waals surface area contributed by atoms with Crippen LogP contribution in [0.2, 0.25) is 0 Å². The lowest BCUT2D eigenvalue weighted by atomic mass is 9.95. The lowest BCUT2D eigenvalue weighted by Gasteiger charge is -2.31. The molecule has 12 heteroatoms. The Bertz CT molecular complexity index is 1910. The van der Waals surface area contributed by atoms with Gasteiger partial charge in [-0.3, -0.25) is 9.88 Å². The summed E-state index contributed by atoms with van der Waals surface area (Å²) in [5, 5.41) is 11.4. The lowest BCUT2D eigenvalue weighted by molar-refractivity contribution is 0.107. The third-order valence-electron chi connectivity index (χ3n) is 9.05. The predicted octanol–water partition coefficient (Wildman–Crippen LogP) is 4.89. The van der Waals surface area contributed by atoms with Gasteiger partial charge in [0.15, 0.2) is 5.82 Å². The molecule has 3 atom stereocenters. The number of nitrogens with zero attached hydrogens (tertiary/aromatic N) is 6. The minimum Gasteiger partial charge on any atom is -0.508 e. The van der Waals surface area contributed by atoms with E-state index in [1.165, 1.54) is 30.5 Å². The summed E-state index contributed by atoms with van der Waals surface area (Å²) in [6, 6.07) is 4.77. The summed E-state index contributed by atoms with van der Waals surface area (Å²) >= 11 is 0. The largest absolute Gasteiger partial charge is 0.508 e. The first-order valence-corrected chi connectivity index (χ1v) is 14.8. The molecule has 45 heavy (non-hydrogen) atoms. The van der Waals surface area contributed by atoms with Crippen molar-refractivity contribution in [3.05, 3.63) is 59.1 Å². The number of anilines is 1. The minimum absolute atomic E-state index is 0.0888. The topological polar surface area (TPSA) is 88.2 Å². The van der Waals surface area contributed by atoms with Gasteiger partial charge in [0.05, 0.1) is 29.6 Å². The van der Waals surface area contributed by atoms with Crippen LogP contribution in [0.1, 0.15) is 24.8 Å². The van der Waals surface area contributed by atoms with Crippen molar-refractivity contribution in [2.24, 2.45) is 0 Å². The molecular formula is C33H29F3N6O3. The Morgan fingerprint density at radius 1 is 1.22 bits per heavy atom. The summed E-state index contributed by atoms with van der Waals surface area (Å²) in [7, 11) is 0. The Morgan fingerprint density at radius 3 is 2.91 bits per heavy atom. The van der Waals surface area contributed by atoms with Crippen molar-refractivity contribution >= 4 is 27.5 Å². The van der Waals surface area contributed by atoms with Gasteiger partial charge in [-0.05, 0) is 43.0 Å². The van der Waals surface area contributed by atoms with Gasteiger partial charge in [0.25, 0.3) is 6.04 Å². The van der Waals surface area contributed by atoms with Gasteiger partial charge >= 0.3 is 6.01 Å². The van der Waals surface area contributed by atoms with Crippen LogP contribution in [0.5, 0.6) is 11.8 Å². The summed E-state index contributed by atoms with van der Waals surface area (Å²) < 4.78 is 57.7. The van der Waals surface area contributed by atoms with Gasteiger partial charge in [-0.15, -0.1) is 6.42 Å². The summed E-state index contributed by atoms with van der Waals surface area (Å²) in [5.41, 5.74) is -0.793. The second kappa shape index (κ2) is 11.4. The third kappa shape index (κ3) is 5.04. The standard InChI is InChI=1S/C33H29F3N6O3/c1-3-23-26(35)6-5-19-11-22(43)12-24(27(19)23)29-28(36)30-25(14-38-29)31(41-9-10-44-17-21(16-41)37-2)40-32(39-30)45-18-33-7-4-8-42(33)15-20(34)13-33/h1,5-6,11-12,14,20-21,43H,4,7-10,13,15-18H2/t20-,21?,33+/m1/s1. The Labute approximate surface area is 257 Å². The first-order chi connectivity index (χ1) is 21.8. The molecule has 7 rings (SSSR count). The zero-order valence-electron chi connectivity index (χ0n) is 24.3. The van der Waals surface area contributed by atoms with E-state index in [-0.39, 0.29) is 64.6 Å². The Kier molecular flexibility index (Phi) is 7.35. The summed E-state index contributed by atoms with van der Waals surface area (Å²) in [5.74, 6) is 0.960. The highest BCUT2D eigenvalue weighted by Crippen LogP contribution is 2.41. The van der Waals surface area contributed by atoms with Crippen molar-refractivity contribution in [3.8, 4) is 35.4 Å². The molecule has 0 aliphatic carbocycles. The number of phenolic OH excluding ortho intramolecular Hbond substituents is 1. The highest BCUT2D eigenvalue weighted by Gasteiger charge is 2.49. The summed E-state index contributed by atoms with van der Waals surface area (Å²) in [6.07, 6.45) is 8.14. The zero-order valence-corrected chi connectivity index (χ0v) is 24.3. The molecule has 1 N–H and O–H groups in total. The van der Waals surface area contributed by atoms with Crippen LogP contribution in [0.4, 0.5) is 19.0 Å². The molecule has 3 aliphatic heterocycles. The van der Waals surface area contributed by atoms with E-state index in [0.717, 1.165) is 19.4 Å². The van der Waals surface area contributed by atoms with Crippen molar-refractivity contribution in [2.75, 3.05) is 50.9 Å². The highest BCUT2D eigenvalue weighted by molar-refractivity contribution is 6.03. The number of terminal acetylenes is 1. The fraction of sp³-hybridized carbons (Fsp3) is 0.394. The molecule has 0 saturated carbocycles. The van der Waals surface area contributed by atoms with E-state index in [1.807, 2.05) is 4.90 Å². The van der Waals surface area contributed by atoms with E-state index < -0.39 is 29.4 Å². The monoisotopic (exact) mass is 614 g/mol. The number of hydrogen-bond donors (Lipinski definition) is 1. The second-order valence-electron chi connectivity index (χ2n) is 11.8. The first kappa shape index (κ1) is 29.1. The molecule has 5 heterocycles. The quantitative estimate of drug-likeness (QED) is 0.251. The van der Waals surface area contributed by atoms with E-state index in [4.69, 9.17) is 22.5 Å². The van der Waals surface area contributed by atoms with Crippen LogP contribution in [0.3, 0.4) is 0 Å². The fourth-order valence-electron chi connectivity index (χ4n) is 6.98. The van der Waals surface area contributed by atoms with Gasteiger partial charge in [0, 0.05) is 36.7 Å². The van der Waals surface area contributed by atoms with Crippen LogP contribution >= 0.6 is 0 Å². The van der Waals surface area contributed by atoms with Crippen LogP contribution in [0, 0.1) is 30.6 Å². The molecule has 0 spiro atoms. The van der Waals surface area contributed by atoms with Crippen molar-refractivity contribution < 1.29 is 27.8 Å². The maximum atomic E-state index is 16.7. The molecule has 3 saturated heterocycles. The van der Waals surface area contributed by atoms with Crippen LogP contribution < -0.4 is 9.64 Å². The first-order valence-electron chi connectivity index (χ1n) is 14.8. The Morgan fingerprint density at radius 2 is 2.09 bits per heavy atom. The minimum atomic E-state index is -0.953. The van der Waals surface area contributed by atoms with Crippen molar-refractivity contribution in [1.82, 2.24) is 19.9 Å². The van der Waals surface area contributed by atoms with Gasteiger partial charge < -0.3 is 24.3 Å². The lowest BCUT2D eigenvalue weighted by Crippen LogP contribution is -2.43. The smallest absolute Gasteiger partial charge is 0.319 e. The average Bonchev–Trinajstić information content (AvgIpc) is 3.44. The number of aromatic hydroxyl groups is 1. The van der Waals surface area contributed by atoms with Crippen molar-refractivity contribution in [1.29, 1.82) is 0 Å². The fourth-order valence-corrected chi connectivity index (χ4v) is 6.98. The number of aromatic nitrogens is 3. The maximum absolute atomic E-state index is 16.7. The average molecular weight is 615 g/mol. The third-order valence-corrected chi connectivity index (χ3v) is 9.05. The van der Waals surface area contributed by atoms with E-state index >= 15 is 4.39 Å². The number of hydrogen-bond acceptors (Lipinski definition) is 8. The summed E-state index contributed by atoms with van der Waals surface area (Å²) in [6.45, 7) is 10.1. The molecule has 9 nitrogen and oxygen atoms in total. The molecule has 230 valence electrons. The van der Waals surface area contributed by atoms with E-state index in [9.17, 15) is 13.9 Å². The van der Waals surface area contributed by atoms with E-state index in [0.29, 0.717) is 37.3 Å². The molecule has 2 aromatic carbocycles. The maximum Gasteiger partial charge on any atom is 0.319 e. The van der Waals surface area contributed by atoms with E-state index in [2.05, 4.69) is 30.6 Å². The normalized spacial score (nSPS) is 23.5. The number of rotatable bonds is 5. The molecule has 0 amide bonds. The molecule has 0 radical (unpaired) electrons. The zero-order chi connectivity index (χ0) is 31.3. The van der Waals surface area contributed by atoms with Gasteiger partial charge in [-0.2, -0.15) is 9.97 Å². The van der Waals surface area contributed by atoms with Gasteiger partial charge in [0.2, 0.25) is 0 Å². The molecule has 4 aromatic rings. The van der Waals surface area contributed by atoms with Gasteiger partial charge in [-0.1, -0.05) is 12.0 Å². The van der Waals surface area contributed by atoms with Crippen molar-refractivity contribution in [3.63, 3.8) is 0 Å². The van der Waals surface area contributed by atoms with Gasteiger partial charge in [-0.25, -0.2) is 19.7 Å². The molecule has 3 aliphatic rings. The van der Waals surface area contributed by atoms with E-state index in [1.54, 1.807) is 0 Å². The number of halogens is 3. The Balaban J connectivity index is 1.39. The number of pyridine rings is 1. The number of fused-ring (bicyclic) bond motifs is 3. The van der Waals surface area contributed by atoms with Crippen LogP contribution in [-0.2, 0) is 4.74 Å². The number of alkyl halides is 1. The van der Waals surface area contributed by atoms with Crippen molar-refractivity contribution in [2.45, 2.75) is 37.0 Å². The Hall–Kier alpha value is -4.65. The number of ether oxygens (including phenoxy) is 2. The SMILES string of the molecule is [C-]#[N+]C1COCCN(c2nc(OC[C@@]34CCCN3C[C@H](F)C4)nc3c(F)c(-c4cc(O)cc5ccc(F)c(C#C)c45)ncc23)C1.